The molecule has 5 nitrogen and oxygen atoms in total. The van der Waals surface area contributed by atoms with Crippen LogP contribution in [0.5, 0.6) is 0 Å². The van der Waals surface area contributed by atoms with Crippen molar-refractivity contribution >= 4 is 17.9 Å². The predicted octanol–water partition coefficient (Wildman–Crippen LogP) is 2.50. The number of nitrogens with one attached hydrogen (secondary N) is 1. The van der Waals surface area contributed by atoms with Crippen molar-refractivity contribution < 1.29 is 9.59 Å². The van der Waals surface area contributed by atoms with Crippen LogP contribution in [0, 0.1) is 17.2 Å². The fraction of sp³-hybridized carbons (Fsp3) is 0.450. The van der Waals surface area contributed by atoms with Gasteiger partial charge in [0, 0.05) is 25.1 Å². The van der Waals surface area contributed by atoms with E-state index in [9.17, 15) is 14.9 Å². The second kappa shape index (κ2) is 7.52. The van der Waals surface area contributed by atoms with Crippen LogP contribution < -0.4 is 5.32 Å². The van der Waals surface area contributed by atoms with Gasteiger partial charge in [0.05, 0.1) is 6.07 Å². The molecular formula is C20H23N3O2. The maximum atomic E-state index is 12.4. The zero-order valence-corrected chi connectivity index (χ0v) is 14.3. The zero-order chi connectivity index (χ0) is 17.7. The number of nitrogens with zero attached hydrogens (tertiary/aromatic N) is 2. The van der Waals surface area contributed by atoms with Gasteiger partial charge in [-0.3, -0.25) is 9.59 Å². The molecule has 1 aliphatic carbocycles. The summed E-state index contributed by atoms with van der Waals surface area (Å²) in [6, 6.07) is 11.9. The first-order chi connectivity index (χ1) is 12.1. The summed E-state index contributed by atoms with van der Waals surface area (Å²) in [6.45, 7) is 1.16. The van der Waals surface area contributed by atoms with E-state index in [4.69, 9.17) is 0 Å². The van der Waals surface area contributed by atoms with Gasteiger partial charge in [-0.1, -0.05) is 30.3 Å². The molecule has 0 bridgehead atoms. The molecule has 0 unspecified atom stereocenters. The van der Waals surface area contributed by atoms with E-state index in [1.54, 1.807) is 11.0 Å². The number of amides is 2. The minimum atomic E-state index is -0.636. The van der Waals surface area contributed by atoms with Gasteiger partial charge in [0.1, 0.15) is 5.54 Å². The lowest BCUT2D eigenvalue weighted by Gasteiger charge is -2.38. The number of hydrogen-bond donors (Lipinski definition) is 1. The van der Waals surface area contributed by atoms with E-state index in [-0.39, 0.29) is 17.7 Å². The average molecular weight is 337 g/mol. The van der Waals surface area contributed by atoms with Crippen LogP contribution in [0.4, 0.5) is 0 Å². The molecule has 3 rings (SSSR count). The number of nitriles is 1. The van der Waals surface area contributed by atoms with Crippen LogP contribution in [0.25, 0.3) is 6.08 Å². The van der Waals surface area contributed by atoms with Crippen molar-refractivity contribution in [3.8, 4) is 6.07 Å². The smallest absolute Gasteiger partial charge is 0.246 e. The van der Waals surface area contributed by atoms with Crippen LogP contribution in [0.1, 0.15) is 37.7 Å². The Bertz CT molecular complexity index is 693. The Kier molecular flexibility index (Phi) is 5.18. The largest absolute Gasteiger partial charge is 0.339 e. The molecule has 1 aromatic rings. The first-order valence-corrected chi connectivity index (χ1v) is 8.87. The maximum absolute atomic E-state index is 12.4. The molecule has 5 heteroatoms. The fourth-order valence-electron chi connectivity index (χ4n) is 3.33. The number of hydrogen-bond acceptors (Lipinski definition) is 3. The molecule has 0 spiro atoms. The third kappa shape index (κ3) is 4.08. The molecule has 1 aromatic carbocycles. The van der Waals surface area contributed by atoms with E-state index in [0.29, 0.717) is 25.9 Å². The quantitative estimate of drug-likeness (QED) is 0.858. The van der Waals surface area contributed by atoms with Crippen molar-refractivity contribution in [1.29, 1.82) is 5.26 Å². The number of benzene rings is 1. The van der Waals surface area contributed by atoms with Gasteiger partial charge in [-0.15, -0.1) is 0 Å². The molecule has 1 saturated carbocycles. The molecule has 2 aliphatic rings. The van der Waals surface area contributed by atoms with E-state index in [2.05, 4.69) is 11.4 Å². The van der Waals surface area contributed by atoms with Gasteiger partial charge in [0.2, 0.25) is 11.8 Å². The molecular weight excluding hydrogens is 314 g/mol. The van der Waals surface area contributed by atoms with E-state index in [0.717, 1.165) is 24.8 Å². The molecule has 0 atom stereocenters. The standard InChI is InChI=1S/C20H23N3O2/c21-15-20(11-4-12-20)22-19(25)17-9-13-23(14-10-17)18(24)8-7-16-5-2-1-3-6-16/h1-3,5-8,17H,4,9-14H2,(H,22,25). The van der Waals surface area contributed by atoms with Gasteiger partial charge in [0.25, 0.3) is 0 Å². The molecule has 1 saturated heterocycles. The predicted molar refractivity (Wildman–Crippen MR) is 95.1 cm³/mol. The van der Waals surface area contributed by atoms with Gasteiger partial charge in [-0.2, -0.15) is 5.26 Å². The molecule has 2 fully saturated rings. The molecule has 1 N–H and O–H groups in total. The van der Waals surface area contributed by atoms with Crippen LogP contribution >= 0.6 is 0 Å². The molecule has 0 radical (unpaired) electrons. The third-order valence-corrected chi connectivity index (χ3v) is 5.18. The number of likely N-dealkylation sites (tertiary alicyclic amines) is 1. The Balaban J connectivity index is 1.48. The molecule has 130 valence electrons. The average Bonchev–Trinajstić information content (AvgIpc) is 2.63. The Morgan fingerprint density at radius 3 is 2.44 bits per heavy atom. The first-order valence-electron chi connectivity index (χ1n) is 8.87. The number of carbonyl (C=O) groups is 2. The molecule has 0 aromatic heterocycles. The summed E-state index contributed by atoms with van der Waals surface area (Å²) in [6.07, 6.45) is 7.20. The minimum absolute atomic E-state index is 0.0183. The lowest BCUT2D eigenvalue weighted by molar-refractivity contribution is -0.133. The van der Waals surface area contributed by atoms with Crippen molar-refractivity contribution in [3.05, 3.63) is 42.0 Å². The summed E-state index contributed by atoms with van der Waals surface area (Å²) in [7, 11) is 0. The van der Waals surface area contributed by atoms with Gasteiger partial charge in [-0.25, -0.2) is 0 Å². The summed E-state index contributed by atoms with van der Waals surface area (Å²) >= 11 is 0. The highest BCUT2D eigenvalue weighted by Crippen LogP contribution is 2.32. The molecule has 2 amide bonds. The normalized spacial score (nSPS) is 19.9. The Labute approximate surface area is 148 Å². The van der Waals surface area contributed by atoms with Crippen LogP contribution in [0.2, 0.25) is 0 Å². The van der Waals surface area contributed by atoms with Crippen molar-refractivity contribution in [2.45, 2.75) is 37.6 Å². The van der Waals surface area contributed by atoms with E-state index >= 15 is 0 Å². The van der Waals surface area contributed by atoms with Crippen LogP contribution in [0.3, 0.4) is 0 Å². The second-order valence-corrected chi connectivity index (χ2v) is 6.88. The summed E-state index contributed by atoms with van der Waals surface area (Å²) in [4.78, 5) is 26.4. The zero-order valence-electron chi connectivity index (χ0n) is 14.3. The SMILES string of the molecule is N#CC1(NC(=O)C2CCN(C(=O)C=Cc3ccccc3)CC2)CCC1. The monoisotopic (exact) mass is 337 g/mol. The summed E-state index contributed by atoms with van der Waals surface area (Å²) in [5, 5.41) is 12.1. The Morgan fingerprint density at radius 2 is 1.88 bits per heavy atom. The Morgan fingerprint density at radius 1 is 1.20 bits per heavy atom. The van der Waals surface area contributed by atoms with Crippen LogP contribution in [-0.4, -0.2) is 35.3 Å². The second-order valence-electron chi connectivity index (χ2n) is 6.88. The lowest BCUT2D eigenvalue weighted by Crippen LogP contribution is -2.55. The maximum Gasteiger partial charge on any atom is 0.246 e. The topological polar surface area (TPSA) is 73.2 Å². The molecule has 25 heavy (non-hydrogen) atoms. The molecule has 1 heterocycles. The highest BCUT2D eigenvalue weighted by atomic mass is 16.2. The van der Waals surface area contributed by atoms with Crippen molar-refractivity contribution in [1.82, 2.24) is 10.2 Å². The van der Waals surface area contributed by atoms with E-state index < -0.39 is 5.54 Å². The number of carbonyl (C=O) groups excluding carboxylic acids is 2. The summed E-state index contributed by atoms with van der Waals surface area (Å²) in [5.41, 5.74) is 0.357. The minimum Gasteiger partial charge on any atom is -0.339 e. The number of rotatable bonds is 4. The van der Waals surface area contributed by atoms with E-state index in [1.165, 1.54) is 0 Å². The highest BCUT2D eigenvalue weighted by Gasteiger charge is 2.40. The van der Waals surface area contributed by atoms with Crippen LogP contribution in [-0.2, 0) is 9.59 Å². The van der Waals surface area contributed by atoms with Crippen molar-refractivity contribution in [2.75, 3.05) is 13.1 Å². The third-order valence-electron chi connectivity index (χ3n) is 5.18. The van der Waals surface area contributed by atoms with Gasteiger partial charge in [-0.05, 0) is 43.7 Å². The summed E-state index contributed by atoms with van der Waals surface area (Å²) in [5.74, 6) is -0.156. The number of piperidine rings is 1. The van der Waals surface area contributed by atoms with Crippen LogP contribution in [0.15, 0.2) is 36.4 Å². The van der Waals surface area contributed by atoms with Crippen molar-refractivity contribution in [3.63, 3.8) is 0 Å². The van der Waals surface area contributed by atoms with Gasteiger partial charge in [0.15, 0.2) is 0 Å². The summed E-state index contributed by atoms with van der Waals surface area (Å²) < 4.78 is 0. The lowest BCUT2D eigenvalue weighted by atomic mass is 9.77. The molecule has 1 aliphatic heterocycles. The highest BCUT2D eigenvalue weighted by molar-refractivity contribution is 5.92. The first kappa shape index (κ1) is 17.2. The van der Waals surface area contributed by atoms with E-state index in [1.807, 2.05) is 36.4 Å². The Hall–Kier alpha value is -2.61. The fourth-order valence-corrected chi connectivity index (χ4v) is 3.33. The van der Waals surface area contributed by atoms with Gasteiger partial charge >= 0.3 is 0 Å². The van der Waals surface area contributed by atoms with Crippen molar-refractivity contribution in [2.24, 2.45) is 5.92 Å². The van der Waals surface area contributed by atoms with Gasteiger partial charge < -0.3 is 10.2 Å².